The van der Waals surface area contributed by atoms with Gasteiger partial charge in [0, 0.05) is 41.8 Å². The molecule has 0 spiro atoms. The van der Waals surface area contributed by atoms with Gasteiger partial charge in [-0.3, -0.25) is 9.78 Å². The minimum absolute atomic E-state index is 0.0747. The van der Waals surface area contributed by atoms with E-state index in [-0.39, 0.29) is 24.1 Å². The molecule has 2 atom stereocenters. The monoisotopic (exact) mass is 416 g/mol. The van der Waals surface area contributed by atoms with Crippen LogP contribution in [0.2, 0.25) is 0 Å². The molecule has 5 nitrogen and oxygen atoms in total. The summed E-state index contributed by atoms with van der Waals surface area (Å²) in [5, 5.41) is 0. The molecule has 0 saturated carbocycles. The second-order valence-corrected chi connectivity index (χ2v) is 7.69. The number of aromatic nitrogens is 1. The summed E-state index contributed by atoms with van der Waals surface area (Å²) < 4.78 is 12.2. The number of benzene rings is 1. The highest BCUT2D eigenvalue weighted by Crippen LogP contribution is 2.39. The maximum absolute atomic E-state index is 13.2. The Morgan fingerprint density at radius 2 is 1.81 bits per heavy atom. The van der Waals surface area contributed by atoms with Crippen LogP contribution in [0.5, 0.6) is 11.5 Å². The number of hydrogen-bond donors (Lipinski definition) is 0. The van der Waals surface area contributed by atoms with Gasteiger partial charge in [0.25, 0.3) is 5.91 Å². The van der Waals surface area contributed by atoms with Crippen LogP contribution in [0.3, 0.4) is 0 Å². The molecule has 2 bridgehead atoms. The fourth-order valence-corrected chi connectivity index (χ4v) is 4.51. The van der Waals surface area contributed by atoms with Gasteiger partial charge in [-0.05, 0) is 59.1 Å². The Balaban J connectivity index is 1.50. The van der Waals surface area contributed by atoms with Crippen LogP contribution in [0.1, 0.15) is 36.0 Å². The van der Waals surface area contributed by atoms with Crippen molar-refractivity contribution in [2.24, 2.45) is 0 Å². The van der Waals surface area contributed by atoms with Crippen molar-refractivity contribution < 1.29 is 14.3 Å². The van der Waals surface area contributed by atoms with Gasteiger partial charge in [0.1, 0.15) is 17.6 Å². The summed E-state index contributed by atoms with van der Waals surface area (Å²) in [6, 6.07) is 9.75. The number of piperidine rings is 1. The third-order valence-electron chi connectivity index (χ3n) is 5.28. The number of pyridine rings is 1. The summed E-state index contributed by atoms with van der Waals surface area (Å²) in [7, 11) is 1.61. The molecule has 1 amide bonds. The van der Waals surface area contributed by atoms with Crippen molar-refractivity contribution in [3.05, 3.63) is 52.8 Å². The fourth-order valence-electron chi connectivity index (χ4n) is 4.10. The zero-order valence-corrected chi connectivity index (χ0v) is 16.2. The molecule has 2 aliphatic rings. The Morgan fingerprint density at radius 3 is 2.46 bits per heavy atom. The highest BCUT2D eigenvalue weighted by Gasteiger charge is 2.44. The first-order valence-electron chi connectivity index (χ1n) is 8.88. The highest BCUT2D eigenvalue weighted by molar-refractivity contribution is 9.10. The normalized spacial score (nSPS) is 24.4. The van der Waals surface area contributed by atoms with Gasteiger partial charge in [0.15, 0.2) is 0 Å². The Morgan fingerprint density at radius 1 is 1.12 bits per heavy atom. The maximum atomic E-state index is 13.2. The van der Waals surface area contributed by atoms with Gasteiger partial charge in [-0.15, -0.1) is 0 Å². The summed E-state index contributed by atoms with van der Waals surface area (Å²) in [4.78, 5) is 19.3. The minimum atomic E-state index is 0.0747. The van der Waals surface area contributed by atoms with Crippen molar-refractivity contribution in [1.29, 1.82) is 0 Å². The molecule has 136 valence electrons. The highest BCUT2D eigenvalue weighted by atomic mass is 79.9. The van der Waals surface area contributed by atoms with Crippen LogP contribution >= 0.6 is 15.9 Å². The van der Waals surface area contributed by atoms with Gasteiger partial charge in [0.2, 0.25) is 0 Å². The lowest BCUT2D eigenvalue weighted by Crippen LogP contribution is -2.49. The Kier molecular flexibility index (Phi) is 4.85. The molecule has 2 fully saturated rings. The summed E-state index contributed by atoms with van der Waals surface area (Å²) in [6.07, 6.45) is 7.43. The maximum Gasteiger partial charge on any atom is 0.255 e. The topological polar surface area (TPSA) is 51.7 Å². The molecular formula is C20H21BrN2O3. The lowest BCUT2D eigenvalue weighted by atomic mass is 9.98. The van der Waals surface area contributed by atoms with E-state index in [9.17, 15) is 4.79 Å². The molecule has 4 rings (SSSR count). The van der Waals surface area contributed by atoms with Crippen molar-refractivity contribution in [1.82, 2.24) is 9.88 Å². The Bertz CT molecular complexity index is 785. The molecule has 2 aromatic rings. The summed E-state index contributed by atoms with van der Waals surface area (Å²) >= 11 is 3.51. The number of nitrogens with zero attached hydrogens (tertiary/aromatic N) is 2. The first-order valence-corrected chi connectivity index (χ1v) is 9.68. The van der Waals surface area contributed by atoms with Crippen LogP contribution in [0.4, 0.5) is 0 Å². The number of halogens is 1. The molecule has 3 heterocycles. The van der Waals surface area contributed by atoms with E-state index in [1.807, 2.05) is 30.3 Å². The summed E-state index contributed by atoms with van der Waals surface area (Å²) in [5.41, 5.74) is 0.662. The molecule has 2 saturated heterocycles. The lowest BCUT2D eigenvalue weighted by molar-refractivity contribution is 0.0357. The van der Waals surface area contributed by atoms with Crippen molar-refractivity contribution in [2.75, 3.05) is 7.11 Å². The van der Waals surface area contributed by atoms with Crippen molar-refractivity contribution in [3.8, 4) is 11.5 Å². The summed E-state index contributed by atoms with van der Waals surface area (Å²) in [6.45, 7) is 0. The number of hydrogen-bond acceptors (Lipinski definition) is 4. The van der Waals surface area contributed by atoms with Gasteiger partial charge >= 0.3 is 0 Å². The quantitative estimate of drug-likeness (QED) is 0.753. The van der Waals surface area contributed by atoms with Crippen molar-refractivity contribution in [3.63, 3.8) is 0 Å². The Hall–Kier alpha value is -2.08. The molecule has 0 aliphatic carbocycles. The van der Waals surface area contributed by atoms with E-state index in [4.69, 9.17) is 9.47 Å². The number of rotatable bonds is 4. The number of fused-ring (bicyclic) bond motifs is 2. The second-order valence-electron chi connectivity index (χ2n) is 6.84. The van der Waals surface area contributed by atoms with Crippen LogP contribution in [-0.4, -0.2) is 41.1 Å². The van der Waals surface area contributed by atoms with Gasteiger partial charge in [-0.1, -0.05) is 0 Å². The molecule has 26 heavy (non-hydrogen) atoms. The first-order chi connectivity index (χ1) is 12.7. The second kappa shape index (κ2) is 7.27. The van der Waals surface area contributed by atoms with Gasteiger partial charge in [-0.25, -0.2) is 0 Å². The molecule has 2 unspecified atom stereocenters. The lowest BCUT2D eigenvalue weighted by Gasteiger charge is -2.39. The smallest absolute Gasteiger partial charge is 0.255 e. The van der Waals surface area contributed by atoms with E-state index < -0.39 is 0 Å². The SMILES string of the molecule is COc1ccc(Br)c(C(=O)N2C3CCC2CC(Oc2ccncc2)C3)c1. The third kappa shape index (κ3) is 3.30. The predicted molar refractivity (Wildman–Crippen MR) is 102 cm³/mol. The fraction of sp³-hybridized carbons (Fsp3) is 0.400. The number of carbonyl (C=O) groups excluding carboxylic acids is 1. The average Bonchev–Trinajstić information content (AvgIpc) is 2.93. The number of methoxy groups -OCH3 is 1. The molecule has 6 heteroatoms. The van der Waals surface area contributed by atoms with E-state index >= 15 is 0 Å². The third-order valence-corrected chi connectivity index (χ3v) is 5.97. The van der Waals surface area contributed by atoms with Crippen LogP contribution in [0.25, 0.3) is 0 Å². The number of carbonyl (C=O) groups is 1. The van der Waals surface area contributed by atoms with Crippen LogP contribution in [-0.2, 0) is 0 Å². The van der Waals surface area contributed by atoms with Gasteiger partial charge in [0.05, 0.1) is 12.7 Å². The molecule has 1 aromatic heterocycles. The number of amides is 1. The first kappa shape index (κ1) is 17.3. The predicted octanol–water partition coefficient (Wildman–Crippen LogP) is 4.07. The molecular weight excluding hydrogens is 396 g/mol. The van der Waals surface area contributed by atoms with E-state index in [0.29, 0.717) is 11.3 Å². The van der Waals surface area contributed by atoms with E-state index in [1.165, 1.54) is 0 Å². The zero-order valence-electron chi connectivity index (χ0n) is 14.6. The van der Waals surface area contributed by atoms with E-state index in [2.05, 4.69) is 25.8 Å². The van der Waals surface area contributed by atoms with E-state index in [1.54, 1.807) is 19.5 Å². The van der Waals surface area contributed by atoms with Crippen molar-refractivity contribution in [2.45, 2.75) is 43.9 Å². The van der Waals surface area contributed by atoms with Crippen LogP contribution in [0.15, 0.2) is 47.2 Å². The van der Waals surface area contributed by atoms with E-state index in [0.717, 1.165) is 35.9 Å². The van der Waals surface area contributed by atoms with Gasteiger partial charge in [-0.2, -0.15) is 0 Å². The molecule has 1 aromatic carbocycles. The van der Waals surface area contributed by atoms with Crippen LogP contribution < -0.4 is 9.47 Å². The van der Waals surface area contributed by atoms with Crippen LogP contribution in [0, 0.1) is 0 Å². The largest absolute Gasteiger partial charge is 0.497 e. The number of ether oxygens (including phenoxy) is 2. The van der Waals surface area contributed by atoms with Crippen molar-refractivity contribution >= 4 is 21.8 Å². The van der Waals surface area contributed by atoms with Gasteiger partial charge < -0.3 is 14.4 Å². The molecule has 0 N–H and O–H groups in total. The minimum Gasteiger partial charge on any atom is -0.497 e. The average molecular weight is 417 g/mol. The standard InChI is InChI=1S/C20H21BrN2O3/c1-25-16-4-5-19(21)18(12-16)20(24)23-13-2-3-14(23)11-17(10-13)26-15-6-8-22-9-7-15/h4-9,12-14,17H,2-3,10-11H2,1H3. The zero-order chi connectivity index (χ0) is 18.1. The summed E-state index contributed by atoms with van der Waals surface area (Å²) in [5.74, 6) is 1.62. The Labute approximate surface area is 161 Å². The molecule has 0 radical (unpaired) electrons. The molecule has 2 aliphatic heterocycles.